The summed E-state index contributed by atoms with van der Waals surface area (Å²) in [5.41, 5.74) is 5.38. The van der Waals surface area contributed by atoms with Crippen LogP contribution in [-0.4, -0.2) is 56.3 Å². The first kappa shape index (κ1) is 30.0. The number of benzene rings is 2. The third-order valence-electron chi connectivity index (χ3n) is 7.18. The molecule has 0 saturated carbocycles. The predicted molar refractivity (Wildman–Crippen MR) is 161 cm³/mol. The van der Waals surface area contributed by atoms with Crippen molar-refractivity contribution in [2.75, 3.05) is 31.5 Å². The second kappa shape index (κ2) is 12.7. The van der Waals surface area contributed by atoms with Gasteiger partial charge >= 0.3 is 0 Å². The van der Waals surface area contributed by atoms with Crippen LogP contribution in [-0.2, 0) is 20.4 Å². The summed E-state index contributed by atoms with van der Waals surface area (Å²) in [6.07, 6.45) is 3.19. The van der Waals surface area contributed by atoms with Gasteiger partial charge in [-0.05, 0) is 80.0 Å². The molecule has 0 spiro atoms. The molecule has 3 N–H and O–H groups in total. The van der Waals surface area contributed by atoms with Gasteiger partial charge in [-0.1, -0.05) is 32.0 Å². The maximum Gasteiger partial charge on any atom is 0.256 e. The van der Waals surface area contributed by atoms with E-state index in [0.29, 0.717) is 51.4 Å². The van der Waals surface area contributed by atoms with E-state index in [0.717, 1.165) is 30.6 Å². The number of aryl methyl sites for hydroxylation is 1. The summed E-state index contributed by atoms with van der Waals surface area (Å²) in [6.45, 7) is 11.0. The molecule has 10 heteroatoms. The molecule has 8 nitrogen and oxygen atoms in total. The van der Waals surface area contributed by atoms with Gasteiger partial charge in [-0.2, -0.15) is 0 Å². The summed E-state index contributed by atoms with van der Waals surface area (Å²) in [7, 11) is -3.61. The highest BCUT2D eigenvalue weighted by Gasteiger charge is 2.26. The van der Waals surface area contributed by atoms with Crippen molar-refractivity contribution in [3.63, 3.8) is 0 Å². The van der Waals surface area contributed by atoms with Gasteiger partial charge < -0.3 is 20.5 Å². The number of nitrogens with zero attached hydrogens (tertiary/aromatic N) is 1. The van der Waals surface area contributed by atoms with E-state index in [1.165, 1.54) is 30.3 Å². The molecule has 41 heavy (non-hydrogen) atoms. The van der Waals surface area contributed by atoms with Gasteiger partial charge in [0.25, 0.3) is 11.8 Å². The van der Waals surface area contributed by atoms with Crippen LogP contribution in [0, 0.1) is 19.7 Å². The largest absolute Gasteiger partial charge is 0.358 e. The number of amides is 2. The Morgan fingerprint density at radius 2 is 1.78 bits per heavy atom. The quantitative estimate of drug-likeness (QED) is 0.280. The van der Waals surface area contributed by atoms with Crippen LogP contribution in [0.1, 0.15) is 57.8 Å². The molecule has 0 atom stereocenters. The van der Waals surface area contributed by atoms with Crippen molar-refractivity contribution in [3.05, 3.63) is 92.9 Å². The SMILES string of the molecule is CCN(CC)CCNC(=O)c1c(C)[nH]c(/C=C2\C(=O)Nc3ccc(/C=C/S(=O)(=O)Cc4ccc(F)cc4)cc32)c1C. The number of nitrogens with one attached hydrogen (secondary N) is 3. The second-order valence-electron chi connectivity index (χ2n) is 10.0. The molecule has 1 aromatic heterocycles. The number of carbonyl (C=O) groups excluding carboxylic acids is 2. The second-order valence-corrected chi connectivity index (χ2v) is 11.9. The van der Waals surface area contributed by atoms with E-state index in [2.05, 4.69) is 34.4 Å². The average molecular weight is 579 g/mol. The van der Waals surface area contributed by atoms with Crippen molar-refractivity contribution < 1.29 is 22.4 Å². The summed E-state index contributed by atoms with van der Waals surface area (Å²) in [5.74, 6) is -1.14. The van der Waals surface area contributed by atoms with E-state index in [-0.39, 0.29) is 17.6 Å². The van der Waals surface area contributed by atoms with Gasteiger partial charge in [-0.15, -0.1) is 0 Å². The summed E-state index contributed by atoms with van der Waals surface area (Å²) in [6, 6.07) is 10.5. The minimum absolute atomic E-state index is 0.168. The van der Waals surface area contributed by atoms with Crippen LogP contribution in [0.15, 0.2) is 47.9 Å². The fourth-order valence-corrected chi connectivity index (χ4v) is 5.97. The number of rotatable bonds is 11. The number of sulfone groups is 1. The van der Waals surface area contributed by atoms with Crippen LogP contribution < -0.4 is 10.6 Å². The molecule has 1 aliphatic heterocycles. The maximum atomic E-state index is 13.1. The molecule has 0 saturated heterocycles. The standard InChI is InChI=1S/C31H35FN4O4S/c1-5-36(6-2)15-14-33-31(38)29-20(3)28(34-21(29)4)18-26-25-17-22(9-12-27(25)35-30(26)37)13-16-41(39,40)19-23-7-10-24(32)11-8-23/h7-13,16-18,34H,5-6,14-15,19H2,1-4H3,(H,33,38)(H,35,37)/b16-13+,26-18-. The highest BCUT2D eigenvalue weighted by molar-refractivity contribution is 7.93. The van der Waals surface area contributed by atoms with Crippen LogP contribution in [0.3, 0.4) is 0 Å². The monoisotopic (exact) mass is 578 g/mol. The van der Waals surface area contributed by atoms with Crippen LogP contribution in [0.4, 0.5) is 10.1 Å². The normalized spacial score (nSPS) is 14.2. The van der Waals surface area contributed by atoms with Gasteiger partial charge in [-0.25, -0.2) is 12.8 Å². The van der Waals surface area contributed by atoms with Crippen molar-refractivity contribution in [2.45, 2.75) is 33.4 Å². The first-order chi connectivity index (χ1) is 19.5. The van der Waals surface area contributed by atoms with Crippen LogP contribution in [0.2, 0.25) is 0 Å². The zero-order valence-electron chi connectivity index (χ0n) is 23.7. The maximum absolute atomic E-state index is 13.1. The number of anilines is 1. The smallest absolute Gasteiger partial charge is 0.256 e. The minimum Gasteiger partial charge on any atom is -0.358 e. The molecule has 3 aromatic rings. The lowest BCUT2D eigenvalue weighted by atomic mass is 10.0. The molecular weight excluding hydrogens is 543 g/mol. The Kier molecular flexibility index (Phi) is 9.25. The lowest BCUT2D eigenvalue weighted by Crippen LogP contribution is -2.35. The first-order valence-electron chi connectivity index (χ1n) is 13.5. The van der Waals surface area contributed by atoms with Crippen molar-refractivity contribution in [1.29, 1.82) is 0 Å². The molecule has 0 aliphatic carbocycles. The summed E-state index contributed by atoms with van der Waals surface area (Å²) in [4.78, 5) is 31.3. The van der Waals surface area contributed by atoms with Gasteiger partial charge in [0.15, 0.2) is 9.84 Å². The number of aromatic amines is 1. The molecule has 1 aliphatic rings. The number of hydrogen-bond donors (Lipinski definition) is 3. The predicted octanol–water partition coefficient (Wildman–Crippen LogP) is 4.92. The molecule has 0 unspecified atom stereocenters. The molecule has 2 heterocycles. The number of likely N-dealkylation sites (N-methyl/N-ethyl adjacent to an activating group) is 1. The molecule has 2 aromatic carbocycles. The van der Waals surface area contributed by atoms with Gasteiger partial charge in [0.2, 0.25) is 0 Å². The summed E-state index contributed by atoms with van der Waals surface area (Å²) < 4.78 is 38.4. The Bertz CT molecular complexity index is 1620. The van der Waals surface area contributed by atoms with E-state index in [1.54, 1.807) is 24.3 Å². The number of hydrogen-bond acceptors (Lipinski definition) is 5. The zero-order valence-corrected chi connectivity index (χ0v) is 24.5. The Morgan fingerprint density at radius 1 is 1.07 bits per heavy atom. The average Bonchev–Trinajstić information content (AvgIpc) is 3.40. The third kappa shape index (κ3) is 7.20. The van der Waals surface area contributed by atoms with Crippen LogP contribution in [0.5, 0.6) is 0 Å². The molecule has 216 valence electrons. The lowest BCUT2D eigenvalue weighted by Gasteiger charge is -2.18. The van der Waals surface area contributed by atoms with E-state index in [1.807, 2.05) is 13.8 Å². The fourth-order valence-electron chi connectivity index (χ4n) is 4.86. The third-order valence-corrected chi connectivity index (χ3v) is 8.46. The Balaban J connectivity index is 1.54. The van der Waals surface area contributed by atoms with E-state index in [4.69, 9.17) is 0 Å². The first-order valence-corrected chi connectivity index (χ1v) is 15.2. The summed E-state index contributed by atoms with van der Waals surface area (Å²) >= 11 is 0. The Labute approximate surface area is 240 Å². The van der Waals surface area contributed by atoms with Gasteiger partial charge in [0.05, 0.1) is 16.9 Å². The number of halogens is 1. The van der Waals surface area contributed by atoms with Gasteiger partial charge in [0.1, 0.15) is 5.82 Å². The van der Waals surface area contributed by atoms with Crippen LogP contribution >= 0.6 is 0 Å². The van der Waals surface area contributed by atoms with Crippen molar-refractivity contribution in [3.8, 4) is 0 Å². The van der Waals surface area contributed by atoms with Crippen molar-refractivity contribution >= 4 is 45.1 Å². The Hall–Kier alpha value is -4.02. The molecule has 0 radical (unpaired) electrons. The molecular formula is C31H35FN4O4S. The van der Waals surface area contributed by atoms with Gasteiger partial charge in [-0.3, -0.25) is 9.59 Å². The highest BCUT2D eigenvalue weighted by Crippen LogP contribution is 2.35. The Morgan fingerprint density at radius 3 is 2.46 bits per heavy atom. The minimum atomic E-state index is -3.61. The fraction of sp³-hybridized carbons (Fsp3) is 0.290. The van der Waals surface area contributed by atoms with E-state index in [9.17, 15) is 22.4 Å². The molecule has 0 fully saturated rings. The number of fused-ring (bicyclic) bond motifs is 1. The number of carbonyl (C=O) groups is 2. The van der Waals surface area contributed by atoms with E-state index >= 15 is 0 Å². The van der Waals surface area contributed by atoms with Gasteiger partial charge in [0, 0.05) is 41.1 Å². The van der Waals surface area contributed by atoms with Crippen molar-refractivity contribution in [1.82, 2.24) is 15.2 Å². The number of aromatic nitrogens is 1. The topological polar surface area (TPSA) is 111 Å². The van der Waals surface area contributed by atoms with Crippen molar-refractivity contribution in [2.24, 2.45) is 0 Å². The number of H-pyrrole nitrogens is 1. The molecule has 0 bridgehead atoms. The molecule has 4 rings (SSSR count). The molecule has 2 amide bonds. The van der Waals surface area contributed by atoms with E-state index < -0.39 is 15.7 Å². The lowest BCUT2D eigenvalue weighted by molar-refractivity contribution is -0.110. The highest BCUT2D eigenvalue weighted by atomic mass is 32.2. The summed E-state index contributed by atoms with van der Waals surface area (Å²) in [5, 5.41) is 6.95. The zero-order chi connectivity index (χ0) is 29.7. The van der Waals surface area contributed by atoms with Crippen LogP contribution in [0.25, 0.3) is 17.7 Å².